The van der Waals surface area contributed by atoms with Crippen LogP contribution in [0.2, 0.25) is 0 Å². The SMILES string of the molecule is CC(NC(=NCC(=O)N(C)C)NCc1cccs1)c1cccc(-n2cccn2)c1.I. The van der Waals surface area contributed by atoms with Gasteiger partial charge in [0.2, 0.25) is 5.91 Å². The van der Waals surface area contributed by atoms with Crippen LogP contribution in [-0.2, 0) is 11.3 Å². The van der Waals surface area contributed by atoms with Crippen LogP contribution in [0.5, 0.6) is 0 Å². The van der Waals surface area contributed by atoms with Crippen molar-refractivity contribution in [2.45, 2.75) is 19.5 Å². The van der Waals surface area contributed by atoms with Gasteiger partial charge < -0.3 is 15.5 Å². The zero-order chi connectivity index (χ0) is 20.6. The topological polar surface area (TPSA) is 74.6 Å². The minimum Gasteiger partial charge on any atom is -0.351 e. The molecule has 9 heteroatoms. The molecule has 3 aromatic rings. The highest BCUT2D eigenvalue weighted by Crippen LogP contribution is 2.16. The third-order valence-corrected chi connectivity index (χ3v) is 5.25. The Hall–Kier alpha value is -2.40. The van der Waals surface area contributed by atoms with E-state index >= 15 is 0 Å². The summed E-state index contributed by atoms with van der Waals surface area (Å²) in [6.45, 7) is 2.81. The van der Waals surface area contributed by atoms with Gasteiger partial charge in [0, 0.05) is 31.4 Å². The maximum absolute atomic E-state index is 12.0. The number of aliphatic imine (C=N–C) groups is 1. The number of halogens is 1. The number of nitrogens with zero attached hydrogens (tertiary/aromatic N) is 4. The van der Waals surface area contributed by atoms with E-state index in [1.165, 1.54) is 9.78 Å². The minimum absolute atomic E-state index is 0. The lowest BCUT2D eigenvalue weighted by Gasteiger charge is -2.19. The van der Waals surface area contributed by atoms with Crippen LogP contribution in [0.3, 0.4) is 0 Å². The van der Waals surface area contributed by atoms with Gasteiger partial charge in [0.05, 0.1) is 18.3 Å². The molecule has 1 aromatic carbocycles. The Kier molecular flexibility index (Phi) is 9.31. The molecule has 0 radical (unpaired) electrons. The van der Waals surface area contributed by atoms with Crippen LogP contribution >= 0.6 is 35.3 Å². The molecule has 0 saturated carbocycles. The molecule has 0 aliphatic heterocycles. The molecule has 7 nitrogen and oxygen atoms in total. The molecular formula is C21H27IN6OS. The van der Waals surface area contributed by atoms with Crippen LogP contribution in [0.15, 0.2) is 65.2 Å². The summed E-state index contributed by atoms with van der Waals surface area (Å²) >= 11 is 1.68. The fourth-order valence-electron chi connectivity index (χ4n) is 2.67. The van der Waals surface area contributed by atoms with Crippen LogP contribution in [0.1, 0.15) is 23.4 Å². The summed E-state index contributed by atoms with van der Waals surface area (Å²) in [5.74, 6) is 0.557. The van der Waals surface area contributed by atoms with Gasteiger partial charge >= 0.3 is 0 Å². The summed E-state index contributed by atoms with van der Waals surface area (Å²) in [6, 6.07) is 14.2. The van der Waals surface area contributed by atoms with E-state index in [0.717, 1.165) is 11.3 Å². The van der Waals surface area contributed by atoms with Crippen molar-refractivity contribution in [2.24, 2.45) is 4.99 Å². The Labute approximate surface area is 198 Å². The molecule has 0 fully saturated rings. The predicted molar refractivity (Wildman–Crippen MR) is 133 cm³/mol. The Balaban J connectivity index is 0.00000320. The molecule has 2 N–H and O–H groups in total. The van der Waals surface area contributed by atoms with Gasteiger partial charge in [-0.3, -0.25) is 4.79 Å². The van der Waals surface area contributed by atoms with Gasteiger partial charge in [0.25, 0.3) is 0 Å². The molecule has 0 aliphatic rings. The third-order valence-electron chi connectivity index (χ3n) is 4.37. The second-order valence-corrected chi connectivity index (χ2v) is 7.83. The van der Waals surface area contributed by atoms with Crippen molar-refractivity contribution < 1.29 is 4.79 Å². The first-order valence-electron chi connectivity index (χ1n) is 9.40. The summed E-state index contributed by atoms with van der Waals surface area (Å²) in [5.41, 5.74) is 2.09. The molecule has 30 heavy (non-hydrogen) atoms. The van der Waals surface area contributed by atoms with E-state index < -0.39 is 0 Å². The number of nitrogens with one attached hydrogen (secondary N) is 2. The van der Waals surface area contributed by atoms with Gasteiger partial charge in [0.15, 0.2) is 5.96 Å². The molecule has 1 atom stereocenters. The van der Waals surface area contributed by atoms with E-state index in [9.17, 15) is 4.79 Å². The lowest BCUT2D eigenvalue weighted by atomic mass is 10.1. The standard InChI is InChI=1S/C21H26N6OS.HI/c1-16(17-7-4-8-18(13-17)27-11-6-10-24-27)25-21(23-15-20(28)26(2)3)22-14-19-9-5-12-29-19;/h4-13,16H,14-15H2,1-3H3,(H2,22,23,25);1H. The van der Waals surface area contributed by atoms with E-state index in [-0.39, 0.29) is 42.5 Å². The Morgan fingerprint density at radius 2 is 2.10 bits per heavy atom. The first-order chi connectivity index (χ1) is 14.0. The largest absolute Gasteiger partial charge is 0.351 e. The Bertz CT molecular complexity index is 940. The van der Waals surface area contributed by atoms with Gasteiger partial charge in [-0.2, -0.15) is 5.10 Å². The van der Waals surface area contributed by atoms with Gasteiger partial charge in [-0.1, -0.05) is 18.2 Å². The molecule has 2 heterocycles. The molecule has 0 spiro atoms. The molecule has 0 saturated heterocycles. The highest BCUT2D eigenvalue weighted by molar-refractivity contribution is 14.0. The number of amides is 1. The maximum Gasteiger partial charge on any atom is 0.243 e. The number of guanidine groups is 1. The molecule has 0 bridgehead atoms. The van der Waals surface area contributed by atoms with Crippen molar-refractivity contribution in [3.63, 3.8) is 0 Å². The normalized spacial score (nSPS) is 12.0. The summed E-state index contributed by atoms with van der Waals surface area (Å²) in [7, 11) is 3.46. The highest BCUT2D eigenvalue weighted by Gasteiger charge is 2.11. The fraction of sp³-hybridized carbons (Fsp3) is 0.286. The average molecular weight is 538 g/mol. The van der Waals surface area contributed by atoms with Crippen LogP contribution < -0.4 is 10.6 Å². The Morgan fingerprint density at radius 3 is 2.77 bits per heavy atom. The van der Waals surface area contributed by atoms with Crippen LogP contribution in [0.4, 0.5) is 0 Å². The second kappa shape index (κ2) is 11.7. The minimum atomic E-state index is -0.0458. The number of rotatable bonds is 7. The maximum atomic E-state index is 12.0. The van der Waals surface area contributed by atoms with E-state index in [1.54, 1.807) is 31.6 Å². The smallest absolute Gasteiger partial charge is 0.243 e. The lowest BCUT2D eigenvalue weighted by molar-refractivity contribution is -0.127. The summed E-state index contributed by atoms with van der Waals surface area (Å²) < 4.78 is 1.83. The summed E-state index contributed by atoms with van der Waals surface area (Å²) in [6.07, 6.45) is 3.68. The van der Waals surface area contributed by atoms with Crippen molar-refractivity contribution in [3.8, 4) is 5.69 Å². The average Bonchev–Trinajstić information content (AvgIpc) is 3.43. The molecule has 0 aliphatic carbocycles. The second-order valence-electron chi connectivity index (χ2n) is 6.80. The summed E-state index contributed by atoms with van der Waals surface area (Å²) in [5, 5.41) is 13.1. The molecule has 1 amide bonds. The number of benzene rings is 1. The number of thiophene rings is 1. The monoisotopic (exact) mass is 538 g/mol. The van der Waals surface area contributed by atoms with Gasteiger partial charge in [0.1, 0.15) is 6.54 Å². The van der Waals surface area contributed by atoms with Crippen LogP contribution in [0.25, 0.3) is 5.69 Å². The molecule has 3 rings (SSSR count). The number of hydrogen-bond acceptors (Lipinski definition) is 4. The molecule has 1 unspecified atom stereocenters. The highest BCUT2D eigenvalue weighted by atomic mass is 127. The van der Waals surface area contributed by atoms with Gasteiger partial charge in [-0.05, 0) is 42.1 Å². The number of hydrogen-bond donors (Lipinski definition) is 2. The molecular weight excluding hydrogens is 511 g/mol. The van der Waals surface area contributed by atoms with Crippen LogP contribution in [-0.4, -0.2) is 47.2 Å². The van der Waals surface area contributed by atoms with Crippen LogP contribution in [0, 0.1) is 0 Å². The molecule has 160 valence electrons. The van der Waals surface area contributed by atoms with Crippen molar-refractivity contribution in [1.29, 1.82) is 0 Å². The number of aromatic nitrogens is 2. The van der Waals surface area contributed by atoms with Gasteiger partial charge in [-0.25, -0.2) is 9.67 Å². The van der Waals surface area contributed by atoms with E-state index in [4.69, 9.17) is 0 Å². The van der Waals surface area contributed by atoms with Crippen molar-refractivity contribution >= 4 is 47.2 Å². The van der Waals surface area contributed by atoms with E-state index in [1.807, 2.05) is 40.5 Å². The number of carbonyl (C=O) groups is 1. The zero-order valence-electron chi connectivity index (χ0n) is 17.3. The van der Waals surface area contributed by atoms with E-state index in [2.05, 4.69) is 45.8 Å². The first kappa shape index (κ1) is 23.9. The fourth-order valence-corrected chi connectivity index (χ4v) is 3.32. The number of likely N-dealkylation sites (N-methyl/N-ethyl adjacent to an activating group) is 1. The zero-order valence-corrected chi connectivity index (χ0v) is 20.4. The first-order valence-corrected chi connectivity index (χ1v) is 10.3. The lowest BCUT2D eigenvalue weighted by Crippen LogP contribution is -2.39. The van der Waals surface area contributed by atoms with Crippen molar-refractivity contribution in [3.05, 3.63) is 70.7 Å². The quantitative estimate of drug-likeness (QED) is 0.275. The van der Waals surface area contributed by atoms with Gasteiger partial charge in [-0.15, -0.1) is 35.3 Å². The van der Waals surface area contributed by atoms with E-state index in [0.29, 0.717) is 12.5 Å². The number of carbonyl (C=O) groups excluding carboxylic acids is 1. The Morgan fingerprint density at radius 1 is 1.27 bits per heavy atom. The summed E-state index contributed by atoms with van der Waals surface area (Å²) in [4.78, 5) is 19.2. The third kappa shape index (κ3) is 6.84. The van der Waals surface area contributed by atoms with Crippen molar-refractivity contribution in [2.75, 3.05) is 20.6 Å². The molecule has 2 aromatic heterocycles. The van der Waals surface area contributed by atoms with Crippen molar-refractivity contribution in [1.82, 2.24) is 25.3 Å². The predicted octanol–water partition coefficient (Wildman–Crippen LogP) is 3.44.